The number of halogens is 1. The Bertz CT molecular complexity index is 861. The van der Waals surface area contributed by atoms with Crippen molar-refractivity contribution in [2.45, 2.75) is 25.5 Å². The van der Waals surface area contributed by atoms with E-state index in [-0.39, 0.29) is 18.6 Å². The Labute approximate surface area is 180 Å². The average molecular weight is 437 g/mol. The van der Waals surface area contributed by atoms with Gasteiger partial charge < -0.3 is 29.0 Å². The van der Waals surface area contributed by atoms with Crippen molar-refractivity contribution in [2.75, 3.05) is 34.5 Å². The molecular weight excluding hydrogens is 412 g/mol. The van der Waals surface area contributed by atoms with E-state index in [0.29, 0.717) is 46.9 Å². The predicted octanol–water partition coefficient (Wildman–Crippen LogP) is 3.25. The van der Waals surface area contributed by atoms with Gasteiger partial charge in [-0.15, -0.1) is 0 Å². The second-order valence-electron chi connectivity index (χ2n) is 6.66. The van der Waals surface area contributed by atoms with Crippen molar-refractivity contribution in [3.05, 3.63) is 40.5 Å². The summed E-state index contributed by atoms with van der Waals surface area (Å²) < 4.78 is 27.1. The van der Waals surface area contributed by atoms with E-state index in [1.807, 2.05) is 0 Å². The minimum absolute atomic E-state index is 0.0171. The lowest BCUT2D eigenvalue weighted by atomic mass is 10.1. The topological polar surface area (TPSA) is 88.1 Å². The van der Waals surface area contributed by atoms with Crippen LogP contribution >= 0.6 is 11.6 Å². The largest absolute Gasteiger partial charge is 0.493 e. The summed E-state index contributed by atoms with van der Waals surface area (Å²) in [6, 6.07) is 5.10. The predicted molar refractivity (Wildman–Crippen MR) is 111 cm³/mol. The van der Waals surface area contributed by atoms with E-state index in [1.54, 1.807) is 18.2 Å². The molecule has 1 N–H and O–H groups in total. The first-order valence-corrected chi connectivity index (χ1v) is 9.90. The van der Waals surface area contributed by atoms with Crippen molar-refractivity contribution in [2.24, 2.45) is 0 Å². The number of rotatable bonds is 8. The zero-order chi connectivity index (χ0) is 21.5. The summed E-state index contributed by atoms with van der Waals surface area (Å²) in [5.41, 5.74) is 1.13. The summed E-state index contributed by atoms with van der Waals surface area (Å²) in [4.78, 5) is 16.8. The van der Waals surface area contributed by atoms with E-state index < -0.39 is 0 Å². The van der Waals surface area contributed by atoms with Crippen molar-refractivity contribution in [1.29, 1.82) is 0 Å². The van der Waals surface area contributed by atoms with E-state index in [4.69, 9.17) is 35.3 Å². The Kier molecular flexibility index (Phi) is 7.59. The molecule has 0 unspecified atom stereocenters. The van der Waals surface area contributed by atoms with Crippen LogP contribution in [0.1, 0.15) is 28.8 Å². The number of carbonyl (C=O) groups excluding carboxylic acids is 1. The van der Waals surface area contributed by atoms with Gasteiger partial charge in [0.25, 0.3) is 5.91 Å². The summed E-state index contributed by atoms with van der Waals surface area (Å²) in [6.45, 7) is 1.57. The second-order valence-corrected chi connectivity index (χ2v) is 7.06. The Morgan fingerprint density at radius 3 is 2.37 bits per heavy atom. The van der Waals surface area contributed by atoms with Crippen LogP contribution in [0.5, 0.6) is 23.1 Å². The molecule has 1 aliphatic rings. The summed E-state index contributed by atoms with van der Waals surface area (Å²) in [5, 5.41) is 3.13. The lowest BCUT2D eigenvalue weighted by molar-refractivity contribution is 0.0238. The number of methoxy groups -OCH3 is 3. The molecule has 0 bridgehead atoms. The molecule has 1 saturated heterocycles. The fourth-order valence-corrected chi connectivity index (χ4v) is 3.32. The van der Waals surface area contributed by atoms with Gasteiger partial charge in [0.15, 0.2) is 11.5 Å². The first-order chi connectivity index (χ1) is 14.5. The van der Waals surface area contributed by atoms with Crippen LogP contribution in [0.3, 0.4) is 0 Å². The number of pyridine rings is 1. The number of hydrogen-bond acceptors (Lipinski definition) is 7. The maximum Gasteiger partial charge on any atom is 0.253 e. The number of nitrogens with zero attached hydrogens (tertiary/aromatic N) is 1. The van der Waals surface area contributed by atoms with Crippen LogP contribution in [0.2, 0.25) is 5.02 Å². The van der Waals surface area contributed by atoms with Crippen LogP contribution in [-0.2, 0) is 11.3 Å². The number of carbonyl (C=O) groups is 1. The molecule has 1 amide bonds. The van der Waals surface area contributed by atoms with Gasteiger partial charge in [0.05, 0.1) is 40.1 Å². The normalized spacial score (nSPS) is 14.1. The maximum atomic E-state index is 12.5. The highest BCUT2D eigenvalue weighted by molar-refractivity contribution is 6.32. The van der Waals surface area contributed by atoms with Crippen molar-refractivity contribution >= 4 is 17.5 Å². The molecule has 162 valence electrons. The van der Waals surface area contributed by atoms with Crippen molar-refractivity contribution in [3.63, 3.8) is 0 Å². The first-order valence-electron chi connectivity index (χ1n) is 9.52. The molecule has 1 fully saturated rings. The molecule has 2 aromatic rings. The van der Waals surface area contributed by atoms with Crippen LogP contribution in [0.25, 0.3) is 0 Å². The zero-order valence-corrected chi connectivity index (χ0v) is 18.0. The minimum Gasteiger partial charge on any atom is -0.493 e. The third-order valence-corrected chi connectivity index (χ3v) is 4.96. The Morgan fingerprint density at radius 2 is 1.80 bits per heavy atom. The van der Waals surface area contributed by atoms with Crippen molar-refractivity contribution in [3.8, 4) is 23.1 Å². The number of amides is 1. The molecule has 8 nitrogen and oxygen atoms in total. The van der Waals surface area contributed by atoms with Gasteiger partial charge in [-0.2, -0.15) is 0 Å². The molecule has 0 aliphatic carbocycles. The quantitative estimate of drug-likeness (QED) is 0.679. The van der Waals surface area contributed by atoms with Gasteiger partial charge in [-0.3, -0.25) is 4.79 Å². The van der Waals surface area contributed by atoms with Gasteiger partial charge in [0, 0.05) is 25.6 Å². The fourth-order valence-electron chi connectivity index (χ4n) is 3.11. The third kappa shape index (κ3) is 5.25. The summed E-state index contributed by atoms with van der Waals surface area (Å²) in [5.74, 6) is 1.53. The molecule has 0 radical (unpaired) electrons. The minimum atomic E-state index is -0.309. The second kappa shape index (κ2) is 10.4. The Balaban J connectivity index is 1.65. The summed E-state index contributed by atoms with van der Waals surface area (Å²) in [6.07, 6.45) is 3.04. The highest BCUT2D eigenvalue weighted by atomic mass is 35.5. The molecule has 30 heavy (non-hydrogen) atoms. The first kappa shape index (κ1) is 22.0. The van der Waals surface area contributed by atoms with Crippen LogP contribution in [0.4, 0.5) is 0 Å². The molecule has 3 rings (SSSR count). The van der Waals surface area contributed by atoms with Gasteiger partial charge in [-0.05, 0) is 23.8 Å². The number of aromatic nitrogens is 1. The SMILES string of the molecule is COc1cc(CNC(=O)c2cnc(OC3CCOCC3)c(Cl)c2)cc(OC)c1OC. The molecule has 1 aromatic carbocycles. The monoisotopic (exact) mass is 436 g/mol. The Morgan fingerprint density at radius 1 is 1.13 bits per heavy atom. The molecule has 1 aromatic heterocycles. The van der Waals surface area contributed by atoms with E-state index in [2.05, 4.69) is 10.3 Å². The fraction of sp³-hybridized carbons (Fsp3) is 0.429. The number of hydrogen-bond donors (Lipinski definition) is 1. The van der Waals surface area contributed by atoms with Gasteiger partial charge in [-0.25, -0.2) is 4.98 Å². The lowest BCUT2D eigenvalue weighted by Crippen LogP contribution is -2.26. The van der Waals surface area contributed by atoms with Gasteiger partial charge in [0.1, 0.15) is 11.1 Å². The highest BCUT2D eigenvalue weighted by Crippen LogP contribution is 2.38. The summed E-state index contributed by atoms with van der Waals surface area (Å²) >= 11 is 6.28. The molecule has 1 aliphatic heterocycles. The van der Waals surface area contributed by atoms with E-state index in [0.717, 1.165) is 18.4 Å². The molecule has 2 heterocycles. The molecular formula is C21H25ClN2O6. The van der Waals surface area contributed by atoms with Crippen LogP contribution in [0.15, 0.2) is 24.4 Å². The standard InChI is InChI=1S/C21H25ClN2O6/c1-26-17-8-13(9-18(27-2)19(17)28-3)11-23-20(25)14-10-16(22)21(24-12-14)30-15-4-6-29-7-5-15/h8-10,12,15H,4-7,11H2,1-3H3,(H,23,25). The molecule has 0 atom stereocenters. The number of nitrogens with one attached hydrogen (secondary N) is 1. The molecule has 9 heteroatoms. The van der Waals surface area contributed by atoms with E-state index in [1.165, 1.54) is 27.5 Å². The molecule has 0 spiro atoms. The zero-order valence-electron chi connectivity index (χ0n) is 17.2. The summed E-state index contributed by atoms with van der Waals surface area (Å²) in [7, 11) is 4.61. The van der Waals surface area contributed by atoms with Crippen molar-refractivity contribution in [1.82, 2.24) is 10.3 Å². The van der Waals surface area contributed by atoms with Gasteiger partial charge >= 0.3 is 0 Å². The van der Waals surface area contributed by atoms with E-state index in [9.17, 15) is 4.79 Å². The lowest BCUT2D eigenvalue weighted by Gasteiger charge is -2.23. The number of benzene rings is 1. The van der Waals surface area contributed by atoms with Crippen LogP contribution in [0, 0.1) is 0 Å². The van der Waals surface area contributed by atoms with E-state index >= 15 is 0 Å². The number of ether oxygens (including phenoxy) is 5. The Hall–Kier alpha value is -2.71. The van der Waals surface area contributed by atoms with Crippen molar-refractivity contribution < 1.29 is 28.5 Å². The van der Waals surface area contributed by atoms with Gasteiger partial charge in [-0.1, -0.05) is 11.6 Å². The third-order valence-electron chi connectivity index (χ3n) is 4.69. The molecule has 0 saturated carbocycles. The van der Waals surface area contributed by atoms with Crippen LogP contribution in [-0.4, -0.2) is 51.5 Å². The average Bonchev–Trinajstić information content (AvgIpc) is 2.78. The smallest absolute Gasteiger partial charge is 0.253 e. The van der Waals surface area contributed by atoms with Crippen LogP contribution < -0.4 is 24.3 Å². The van der Waals surface area contributed by atoms with Gasteiger partial charge in [0.2, 0.25) is 11.6 Å². The maximum absolute atomic E-state index is 12.5. The highest BCUT2D eigenvalue weighted by Gasteiger charge is 2.19.